The van der Waals surface area contributed by atoms with E-state index in [0.29, 0.717) is 0 Å². The van der Waals surface area contributed by atoms with E-state index < -0.39 is 0 Å². The van der Waals surface area contributed by atoms with Crippen molar-refractivity contribution in [2.75, 3.05) is 67.0 Å². The summed E-state index contributed by atoms with van der Waals surface area (Å²) in [7, 11) is 6.49. The van der Waals surface area contributed by atoms with Gasteiger partial charge in [0.2, 0.25) is 0 Å². The Morgan fingerprint density at radius 1 is 1.17 bits per heavy atom. The molecule has 1 atom stereocenters. The van der Waals surface area contributed by atoms with Crippen LogP contribution in [0.5, 0.6) is 0 Å². The second-order valence-electron chi connectivity index (χ2n) is 5.74. The molecule has 0 aromatic heterocycles. The number of hydrogen-bond donors (Lipinski definition) is 1. The van der Waals surface area contributed by atoms with E-state index in [9.17, 15) is 0 Å². The molecule has 1 N–H and O–H groups in total. The van der Waals surface area contributed by atoms with Gasteiger partial charge in [-0.25, -0.2) is 0 Å². The van der Waals surface area contributed by atoms with Crippen LogP contribution in [0, 0.1) is 0 Å². The summed E-state index contributed by atoms with van der Waals surface area (Å²) in [6.45, 7) is 10.5. The van der Waals surface area contributed by atoms with Crippen molar-refractivity contribution in [2.24, 2.45) is 0 Å². The third kappa shape index (κ3) is 6.14. The number of nitrogens with zero attached hydrogens (tertiary/aromatic N) is 3. The Morgan fingerprint density at radius 2 is 1.89 bits per heavy atom. The monoisotopic (exact) mass is 256 g/mol. The van der Waals surface area contributed by atoms with Crippen molar-refractivity contribution in [1.29, 1.82) is 0 Å². The molecule has 1 aliphatic heterocycles. The molecule has 1 fully saturated rings. The highest BCUT2D eigenvalue weighted by Gasteiger charge is 2.23. The average molecular weight is 256 g/mol. The predicted octanol–water partition coefficient (Wildman–Crippen LogP) is 0.554. The lowest BCUT2D eigenvalue weighted by Crippen LogP contribution is -2.41. The van der Waals surface area contributed by atoms with Crippen LogP contribution in [0.25, 0.3) is 0 Å². The van der Waals surface area contributed by atoms with E-state index in [1.807, 2.05) is 0 Å². The van der Waals surface area contributed by atoms with Crippen LogP contribution in [0.4, 0.5) is 0 Å². The van der Waals surface area contributed by atoms with E-state index in [1.54, 1.807) is 0 Å². The second-order valence-corrected chi connectivity index (χ2v) is 5.74. The van der Waals surface area contributed by atoms with Crippen molar-refractivity contribution >= 4 is 0 Å². The van der Waals surface area contributed by atoms with Gasteiger partial charge in [-0.15, -0.1) is 0 Å². The van der Waals surface area contributed by atoms with Crippen molar-refractivity contribution < 1.29 is 0 Å². The first-order valence-corrected chi connectivity index (χ1v) is 7.41. The van der Waals surface area contributed by atoms with Gasteiger partial charge in [-0.2, -0.15) is 0 Å². The Morgan fingerprint density at radius 3 is 2.56 bits per heavy atom. The fourth-order valence-electron chi connectivity index (χ4n) is 2.67. The van der Waals surface area contributed by atoms with Crippen molar-refractivity contribution in [2.45, 2.75) is 25.8 Å². The topological polar surface area (TPSA) is 21.8 Å². The standard InChI is InChI=1S/C14H32N4/c1-5-18-10-6-7-14(18)13-17(4)12-9-15-8-11-16(2)3/h14-15H,5-13H2,1-4H3. The van der Waals surface area contributed by atoms with Gasteiger partial charge in [0, 0.05) is 38.8 Å². The van der Waals surface area contributed by atoms with Crippen molar-refractivity contribution in [3.63, 3.8) is 0 Å². The molecular weight excluding hydrogens is 224 g/mol. The van der Waals surface area contributed by atoms with Crippen LogP contribution in [0.3, 0.4) is 0 Å². The van der Waals surface area contributed by atoms with E-state index in [4.69, 9.17) is 0 Å². The third-order valence-corrected chi connectivity index (χ3v) is 3.83. The molecule has 0 saturated carbocycles. The Balaban J connectivity index is 2.04. The minimum Gasteiger partial charge on any atom is -0.314 e. The van der Waals surface area contributed by atoms with Gasteiger partial charge in [-0.3, -0.25) is 4.90 Å². The number of nitrogens with one attached hydrogen (secondary N) is 1. The zero-order chi connectivity index (χ0) is 13.4. The van der Waals surface area contributed by atoms with Crippen molar-refractivity contribution in [1.82, 2.24) is 20.0 Å². The molecule has 0 aromatic rings. The Bertz CT molecular complexity index is 208. The molecule has 0 aromatic carbocycles. The molecule has 108 valence electrons. The molecule has 1 rings (SSSR count). The predicted molar refractivity (Wildman–Crippen MR) is 79.2 cm³/mol. The summed E-state index contributed by atoms with van der Waals surface area (Å²) in [4.78, 5) is 7.31. The maximum absolute atomic E-state index is 3.50. The molecule has 1 heterocycles. The van der Waals surface area contributed by atoms with Crippen LogP contribution in [0.15, 0.2) is 0 Å². The van der Waals surface area contributed by atoms with Crippen LogP contribution < -0.4 is 5.32 Å². The molecular formula is C14H32N4. The lowest BCUT2D eigenvalue weighted by atomic mass is 10.2. The second kappa shape index (κ2) is 8.86. The largest absolute Gasteiger partial charge is 0.314 e. The summed E-state index contributed by atoms with van der Waals surface area (Å²) in [5.41, 5.74) is 0. The summed E-state index contributed by atoms with van der Waals surface area (Å²) >= 11 is 0. The van der Waals surface area contributed by atoms with E-state index >= 15 is 0 Å². The Kier molecular flexibility index (Phi) is 7.82. The molecule has 0 spiro atoms. The summed E-state index contributed by atoms with van der Waals surface area (Å²) in [6, 6.07) is 0.793. The van der Waals surface area contributed by atoms with Gasteiger partial charge in [0.05, 0.1) is 0 Å². The number of hydrogen-bond acceptors (Lipinski definition) is 4. The van der Waals surface area contributed by atoms with Gasteiger partial charge in [0.1, 0.15) is 0 Å². The molecule has 1 aliphatic rings. The maximum atomic E-state index is 3.50. The van der Waals surface area contributed by atoms with Crippen molar-refractivity contribution in [3.05, 3.63) is 0 Å². The van der Waals surface area contributed by atoms with Crippen LogP contribution in [0.2, 0.25) is 0 Å². The van der Waals surface area contributed by atoms with Gasteiger partial charge in [-0.1, -0.05) is 6.92 Å². The minimum atomic E-state index is 0.793. The summed E-state index contributed by atoms with van der Waals surface area (Å²) in [6.07, 6.45) is 2.76. The van der Waals surface area contributed by atoms with E-state index in [-0.39, 0.29) is 0 Å². The van der Waals surface area contributed by atoms with Gasteiger partial charge in [0.15, 0.2) is 0 Å². The average Bonchev–Trinajstić information content (AvgIpc) is 2.75. The van der Waals surface area contributed by atoms with Crippen LogP contribution in [0.1, 0.15) is 19.8 Å². The molecule has 0 radical (unpaired) electrons. The van der Waals surface area contributed by atoms with Gasteiger partial charge in [-0.05, 0) is 47.1 Å². The zero-order valence-electron chi connectivity index (χ0n) is 12.8. The molecule has 0 aliphatic carbocycles. The number of rotatable bonds is 9. The Hall–Kier alpha value is -0.160. The first-order chi connectivity index (χ1) is 8.63. The minimum absolute atomic E-state index is 0.793. The number of likely N-dealkylation sites (tertiary alicyclic amines) is 1. The lowest BCUT2D eigenvalue weighted by molar-refractivity contribution is 0.198. The molecule has 0 bridgehead atoms. The van der Waals surface area contributed by atoms with E-state index in [2.05, 4.69) is 48.1 Å². The normalized spacial score (nSPS) is 21.3. The van der Waals surface area contributed by atoms with Crippen LogP contribution in [-0.2, 0) is 0 Å². The van der Waals surface area contributed by atoms with Crippen LogP contribution >= 0.6 is 0 Å². The summed E-state index contributed by atoms with van der Waals surface area (Å²) < 4.78 is 0. The molecule has 18 heavy (non-hydrogen) atoms. The fourth-order valence-corrected chi connectivity index (χ4v) is 2.67. The molecule has 1 unspecified atom stereocenters. The molecule has 1 saturated heterocycles. The van der Waals surface area contributed by atoms with Gasteiger partial charge >= 0.3 is 0 Å². The first-order valence-electron chi connectivity index (χ1n) is 7.41. The highest BCUT2D eigenvalue weighted by Crippen LogP contribution is 2.16. The Labute approximate surface area is 113 Å². The summed E-state index contributed by atoms with van der Waals surface area (Å²) in [5, 5.41) is 3.50. The highest BCUT2D eigenvalue weighted by atomic mass is 15.2. The highest BCUT2D eigenvalue weighted by molar-refractivity contribution is 4.80. The SMILES string of the molecule is CCN1CCCC1CN(C)CCNCCN(C)C. The smallest absolute Gasteiger partial charge is 0.0223 e. The third-order valence-electron chi connectivity index (χ3n) is 3.83. The first kappa shape index (κ1) is 15.9. The molecule has 4 nitrogen and oxygen atoms in total. The van der Waals surface area contributed by atoms with Crippen LogP contribution in [-0.4, -0.2) is 87.7 Å². The zero-order valence-corrected chi connectivity index (χ0v) is 12.8. The molecule has 0 amide bonds. The van der Waals surface area contributed by atoms with Crippen molar-refractivity contribution in [3.8, 4) is 0 Å². The fraction of sp³-hybridized carbons (Fsp3) is 1.00. The molecule has 4 heteroatoms. The quantitative estimate of drug-likeness (QED) is 0.608. The van der Waals surface area contributed by atoms with Gasteiger partial charge in [0.25, 0.3) is 0 Å². The lowest BCUT2D eigenvalue weighted by Gasteiger charge is -2.27. The summed E-state index contributed by atoms with van der Waals surface area (Å²) in [5.74, 6) is 0. The van der Waals surface area contributed by atoms with E-state index in [1.165, 1.54) is 32.5 Å². The van der Waals surface area contributed by atoms with Gasteiger partial charge < -0.3 is 15.1 Å². The number of likely N-dealkylation sites (N-methyl/N-ethyl adjacent to an activating group) is 3. The van der Waals surface area contributed by atoms with E-state index in [0.717, 1.165) is 32.2 Å². The maximum Gasteiger partial charge on any atom is 0.0223 e.